The molecule has 0 saturated carbocycles. The number of aromatic nitrogens is 3. The van der Waals surface area contributed by atoms with Gasteiger partial charge in [-0.15, -0.1) is 0 Å². The largest absolute Gasteiger partial charge is 0.449 e. The molecule has 4 heteroatoms. The third-order valence-corrected chi connectivity index (χ3v) is 5.82. The Balaban J connectivity index is 1.70. The van der Waals surface area contributed by atoms with Gasteiger partial charge in [0.1, 0.15) is 17.8 Å². The van der Waals surface area contributed by atoms with Crippen LogP contribution in [0.15, 0.2) is 71.3 Å². The van der Waals surface area contributed by atoms with E-state index in [1.54, 1.807) is 6.26 Å². The molecule has 5 aromatic rings. The van der Waals surface area contributed by atoms with Crippen LogP contribution in [0.25, 0.3) is 44.8 Å². The second-order valence-electron chi connectivity index (χ2n) is 8.00. The van der Waals surface area contributed by atoms with Crippen LogP contribution in [0.4, 0.5) is 0 Å². The fraction of sp³-hybridized carbons (Fsp3) is 0.185. The van der Waals surface area contributed by atoms with Crippen molar-refractivity contribution in [2.24, 2.45) is 0 Å². The Bertz CT molecular complexity index is 1410. The van der Waals surface area contributed by atoms with Crippen molar-refractivity contribution in [2.45, 2.75) is 34.2 Å². The molecule has 0 amide bonds. The highest BCUT2D eigenvalue weighted by Gasteiger charge is 2.17. The van der Waals surface area contributed by atoms with Crippen LogP contribution in [-0.4, -0.2) is 14.5 Å². The summed E-state index contributed by atoms with van der Waals surface area (Å²) in [7, 11) is 0. The van der Waals surface area contributed by atoms with Gasteiger partial charge in [0.2, 0.25) is 0 Å². The van der Waals surface area contributed by atoms with E-state index in [0.29, 0.717) is 5.89 Å². The Morgan fingerprint density at radius 2 is 1.65 bits per heavy atom. The fourth-order valence-electron chi connectivity index (χ4n) is 4.34. The van der Waals surface area contributed by atoms with Gasteiger partial charge in [-0.1, -0.05) is 54.1 Å². The molecule has 5 rings (SSSR count). The Kier molecular flexibility index (Phi) is 4.70. The van der Waals surface area contributed by atoms with E-state index < -0.39 is 0 Å². The minimum absolute atomic E-state index is 0.664. The first kappa shape index (κ1) is 19.3. The highest BCUT2D eigenvalue weighted by atomic mass is 16.3. The molecule has 154 valence electrons. The predicted molar refractivity (Wildman–Crippen MR) is 126 cm³/mol. The lowest BCUT2D eigenvalue weighted by Gasteiger charge is -2.14. The summed E-state index contributed by atoms with van der Waals surface area (Å²) in [5, 5.41) is 0. The van der Waals surface area contributed by atoms with Gasteiger partial charge < -0.3 is 8.98 Å². The first-order chi connectivity index (χ1) is 15.0. The third-order valence-electron chi connectivity index (χ3n) is 5.82. The van der Waals surface area contributed by atoms with Crippen LogP contribution >= 0.6 is 0 Å². The standard InChI is InChI=1S/C27H25N3O/c1-5-30-26-13-11-20(25-16-31-19(4)28-25)15-24(26)29-27(30)23-9-7-6-8-22(23)21-12-10-17(2)14-18(21)3/h6-16H,5H2,1-4H3. The lowest BCUT2D eigenvalue weighted by Crippen LogP contribution is -1.99. The molecule has 0 N–H and O–H groups in total. The summed E-state index contributed by atoms with van der Waals surface area (Å²) in [6.45, 7) is 9.17. The van der Waals surface area contributed by atoms with E-state index in [1.807, 2.05) is 6.92 Å². The SMILES string of the molecule is CCn1c(-c2ccccc2-c2ccc(C)cc2C)nc2cc(-c3coc(C)n3)ccc21. The molecule has 4 nitrogen and oxygen atoms in total. The average molecular weight is 408 g/mol. The first-order valence-corrected chi connectivity index (χ1v) is 10.6. The van der Waals surface area contributed by atoms with E-state index in [4.69, 9.17) is 9.40 Å². The number of hydrogen-bond acceptors (Lipinski definition) is 3. The minimum Gasteiger partial charge on any atom is -0.449 e. The molecule has 3 aromatic carbocycles. The van der Waals surface area contributed by atoms with Crippen LogP contribution in [-0.2, 0) is 6.54 Å². The number of hydrogen-bond donors (Lipinski definition) is 0. The predicted octanol–water partition coefficient (Wildman–Crippen LogP) is 6.97. The highest BCUT2D eigenvalue weighted by molar-refractivity contribution is 5.89. The van der Waals surface area contributed by atoms with Gasteiger partial charge in [0.05, 0.1) is 11.0 Å². The fourth-order valence-corrected chi connectivity index (χ4v) is 4.34. The molecule has 0 unspecified atom stereocenters. The zero-order chi connectivity index (χ0) is 21.5. The van der Waals surface area contributed by atoms with Gasteiger partial charge in [-0.05, 0) is 49.6 Å². The number of imidazole rings is 1. The molecule has 0 atom stereocenters. The van der Waals surface area contributed by atoms with Gasteiger partial charge >= 0.3 is 0 Å². The molecular formula is C27H25N3O. The topological polar surface area (TPSA) is 43.9 Å². The maximum atomic E-state index is 5.40. The summed E-state index contributed by atoms with van der Waals surface area (Å²) >= 11 is 0. The molecule has 0 bridgehead atoms. The molecule has 0 spiro atoms. The smallest absolute Gasteiger partial charge is 0.191 e. The van der Waals surface area contributed by atoms with E-state index in [1.165, 1.54) is 22.3 Å². The van der Waals surface area contributed by atoms with Crippen LogP contribution in [0.5, 0.6) is 0 Å². The van der Waals surface area contributed by atoms with Crippen LogP contribution in [0.1, 0.15) is 23.9 Å². The monoisotopic (exact) mass is 407 g/mol. The molecule has 31 heavy (non-hydrogen) atoms. The van der Waals surface area contributed by atoms with Crippen LogP contribution in [0, 0.1) is 20.8 Å². The van der Waals surface area contributed by atoms with E-state index in [0.717, 1.165) is 40.2 Å². The second kappa shape index (κ2) is 7.55. The highest BCUT2D eigenvalue weighted by Crippen LogP contribution is 2.36. The Morgan fingerprint density at radius 3 is 2.35 bits per heavy atom. The van der Waals surface area contributed by atoms with Crippen molar-refractivity contribution in [3.8, 4) is 33.8 Å². The average Bonchev–Trinajstić information content (AvgIpc) is 3.36. The van der Waals surface area contributed by atoms with Crippen molar-refractivity contribution in [1.29, 1.82) is 0 Å². The van der Waals surface area contributed by atoms with Gasteiger partial charge in [-0.3, -0.25) is 0 Å². The van der Waals surface area contributed by atoms with Gasteiger partial charge in [0.25, 0.3) is 0 Å². The lowest BCUT2D eigenvalue weighted by molar-refractivity contribution is 0.521. The molecule has 0 aliphatic rings. The Hall–Kier alpha value is -3.66. The number of fused-ring (bicyclic) bond motifs is 1. The number of benzene rings is 3. The van der Waals surface area contributed by atoms with E-state index >= 15 is 0 Å². The maximum Gasteiger partial charge on any atom is 0.191 e. The quantitative estimate of drug-likeness (QED) is 0.323. The number of rotatable bonds is 4. The van der Waals surface area contributed by atoms with Gasteiger partial charge in [-0.25, -0.2) is 9.97 Å². The van der Waals surface area contributed by atoms with Crippen molar-refractivity contribution in [1.82, 2.24) is 14.5 Å². The molecule has 0 saturated heterocycles. The van der Waals surface area contributed by atoms with E-state index in [9.17, 15) is 0 Å². The summed E-state index contributed by atoms with van der Waals surface area (Å²) in [4.78, 5) is 9.55. The van der Waals surface area contributed by atoms with Gasteiger partial charge in [0, 0.05) is 24.6 Å². The summed E-state index contributed by atoms with van der Waals surface area (Å²) in [5.74, 6) is 1.65. The van der Waals surface area contributed by atoms with Crippen molar-refractivity contribution in [2.75, 3.05) is 0 Å². The molecule has 0 aliphatic heterocycles. The van der Waals surface area contributed by atoms with E-state index in [2.05, 4.69) is 91.0 Å². The zero-order valence-electron chi connectivity index (χ0n) is 18.3. The van der Waals surface area contributed by atoms with E-state index in [-0.39, 0.29) is 0 Å². The molecule has 0 fully saturated rings. The van der Waals surface area contributed by atoms with Crippen molar-refractivity contribution < 1.29 is 4.42 Å². The number of oxazole rings is 1. The number of nitrogens with zero attached hydrogens (tertiary/aromatic N) is 3. The number of aryl methyl sites for hydroxylation is 4. The minimum atomic E-state index is 0.664. The summed E-state index contributed by atoms with van der Waals surface area (Å²) in [6, 6.07) is 21.5. The third kappa shape index (κ3) is 3.34. The summed E-state index contributed by atoms with van der Waals surface area (Å²) in [5.41, 5.74) is 10.1. The van der Waals surface area contributed by atoms with Crippen molar-refractivity contribution >= 4 is 11.0 Å². The summed E-state index contributed by atoms with van der Waals surface area (Å²) in [6.07, 6.45) is 1.70. The normalized spacial score (nSPS) is 11.4. The summed E-state index contributed by atoms with van der Waals surface area (Å²) < 4.78 is 7.69. The zero-order valence-corrected chi connectivity index (χ0v) is 18.3. The second-order valence-corrected chi connectivity index (χ2v) is 8.00. The molecule has 0 radical (unpaired) electrons. The Labute approximate surface area is 182 Å². The maximum absolute atomic E-state index is 5.40. The molecular weight excluding hydrogens is 382 g/mol. The van der Waals surface area contributed by atoms with Gasteiger partial charge in [-0.2, -0.15) is 0 Å². The Morgan fingerprint density at radius 1 is 0.839 bits per heavy atom. The van der Waals surface area contributed by atoms with Gasteiger partial charge in [0.15, 0.2) is 5.89 Å². The van der Waals surface area contributed by atoms with Crippen molar-refractivity contribution in [3.05, 3.63) is 83.9 Å². The molecule has 0 aliphatic carbocycles. The van der Waals surface area contributed by atoms with Crippen LogP contribution < -0.4 is 0 Å². The molecule has 2 aromatic heterocycles. The first-order valence-electron chi connectivity index (χ1n) is 10.6. The van der Waals surface area contributed by atoms with Crippen LogP contribution in [0.3, 0.4) is 0 Å². The van der Waals surface area contributed by atoms with Crippen LogP contribution in [0.2, 0.25) is 0 Å². The lowest BCUT2D eigenvalue weighted by atomic mass is 9.94. The van der Waals surface area contributed by atoms with Crippen molar-refractivity contribution in [3.63, 3.8) is 0 Å². The molecule has 2 heterocycles.